The Morgan fingerprint density at radius 2 is 1.29 bits per heavy atom. The summed E-state index contributed by atoms with van der Waals surface area (Å²) < 4.78 is 30.1. The second-order valence-electron chi connectivity index (χ2n) is 7.64. The van der Waals surface area contributed by atoms with Crippen molar-refractivity contribution in [3.05, 3.63) is 101 Å². The largest absolute Gasteiger partial charge is 0.287 e. The molecule has 6 nitrogen and oxygen atoms in total. The van der Waals surface area contributed by atoms with E-state index in [2.05, 4.69) is 4.72 Å². The molecule has 1 aromatic heterocycles. The third kappa shape index (κ3) is 3.80. The van der Waals surface area contributed by atoms with E-state index in [-0.39, 0.29) is 27.4 Å². The highest BCUT2D eigenvalue weighted by Gasteiger charge is 2.40. The van der Waals surface area contributed by atoms with Crippen LogP contribution in [0, 0.1) is 20.8 Å². The molecule has 31 heavy (non-hydrogen) atoms. The lowest BCUT2D eigenvalue weighted by Gasteiger charge is -2.18. The number of fused-ring (bicyclic) bond motifs is 1. The van der Waals surface area contributed by atoms with E-state index in [9.17, 15) is 18.0 Å². The Morgan fingerprint density at radius 1 is 0.742 bits per heavy atom. The van der Waals surface area contributed by atoms with Gasteiger partial charge >= 0.3 is 0 Å². The molecule has 1 aliphatic rings. The predicted octanol–water partition coefficient (Wildman–Crippen LogP) is 3.13. The molecule has 3 aromatic rings. The number of benzene rings is 2. The van der Waals surface area contributed by atoms with Gasteiger partial charge in [-0.05, 0) is 39.0 Å². The van der Waals surface area contributed by atoms with E-state index in [0.29, 0.717) is 0 Å². The van der Waals surface area contributed by atoms with Crippen molar-refractivity contribution >= 4 is 27.3 Å². The van der Waals surface area contributed by atoms with Gasteiger partial charge in [0.15, 0.2) is 18.1 Å². The molecule has 0 bridgehead atoms. The number of ketones is 2. The molecule has 0 aliphatic heterocycles. The van der Waals surface area contributed by atoms with Gasteiger partial charge in [0.1, 0.15) is 0 Å². The third-order valence-electron chi connectivity index (χ3n) is 5.06. The number of hydrogen-bond acceptors (Lipinski definition) is 4. The zero-order valence-corrected chi connectivity index (χ0v) is 18.2. The maximum absolute atomic E-state index is 13.4. The molecular weight excluding hydrogens is 412 g/mol. The van der Waals surface area contributed by atoms with Crippen molar-refractivity contribution in [2.75, 3.05) is 0 Å². The molecule has 1 N–H and O–H groups in total. The van der Waals surface area contributed by atoms with Crippen LogP contribution in [0.4, 0.5) is 0 Å². The summed E-state index contributed by atoms with van der Waals surface area (Å²) in [6.45, 7) is 5.58. The lowest BCUT2D eigenvalue weighted by molar-refractivity contribution is -0.578. The van der Waals surface area contributed by atoms with Gasteiger partial charge in [-0.25, -0.2) is 8.42 Å². The summed E-state index contributed by atoms with van der Waals surface area (Å²) in [5.41, 5.74) is 2.77. The summed E-state index contributed by atoms with van der Waals surface area (Å²) >= 11 is 0. The summed E-state index contributed by atoms with van der Waals surface area (Å²) in [5.74, 6) is -0.973. The molecule has 0 saturated heterocycles. The summed E-state index contributed by atoms with van der Waals surface area (Å²) in [7, 11) is -4.09. The van der Waals surface area contributed by atoms with Crippen LogP contribution in [0.25, 0.3) is 5.70 Å². The van der Waals surface area contributed by atoms with Gasteiger partial charge in [0.2, 0.25) is 5.78 Å². The maximum Gasteiger partial charge on any atom is 0.287 e. The van der Waals surface area contributed by atoms with E-state index in [0.717, 1.165) is 16.7 Å². The third-order valence-corrected chi connectivity index (χ3v) is 6.43. The number of aromatic nitrogens is 1. The van der Waals surface area contributed by atoms with Gasteiger partial charge in [-0.2, -0.15) is 4.57 Å². The van der Waals surface area contributed by atoms with Crippen molar-refractivity contribution in [1.82, 2.24) is 4.72 Å². The average Bonchev–Trinajstić information content (AvgIpc) is 2.71. The predicted molar refractivity (Wildman–Crippen MR) is 116 cm³/mol. The maximum atomic E-state index is 13.4. The SMILES string of the molecule is Cc1ccc(S(=O)(=O)NC2=C([n+]3cc(C)cc(C)c3)C(=O)c3ccccc3C2=O)cc1. The first-order valence-electron chi connectivity index (χ1n) is 9.69. The number of nitrogens with one attached hydrogen (secondary N) is 1. The second kappa shape index (κ2) is 7.59. The average molecular weight is 434 g/mol. The minimum Gasteiger partial charge on any atom is -0.287 e. The Kier molecular flexibility index (Phi) is 5.07. The summed E-state index contributed by atoms with van der Waals surface area (Å²) in [5, 5.41) is 0. The Morgan fingerprint density at radius 3 is 1.87 bits per heavy atom. The highest BCUT2D eigenvalue weighted by molar-refractivity contribution is 7.89. The molecule has 0 unspecified atom stereocenters. The zero-order chi connectivity index (χ0) is 22.3. The van der Waals surface area contributed by atoms with E-state index in [4.69, 9.17) is 0 Å². The van der Waals surface area contributed by atoms with Crippen LogP contribution >= 0.6 is 0 Å². The zero-order valence-electron chi connectivity index (χ0n) is 17.3. The highest BCUT2D eigenvalue weighted by atomic mass is 32.2. The van der Waals surface area contributed by atoms with E-state index in [1.807, 2.05) is 26.8 Å². The van der Waals surface area contributed by atoms with Crippen molar-refractivity contribution in [3.63, 3.8) is 0 Å². The molecular formula is C24H21N2O4S+. The number of aryl methyl sites for hydroxylation is 3. The molecule has 4 rings (SSSR count). The monoisotopic (exact) mass is 433 g/mol. The van der Waals surface area contributed by atoms with Crippen molar-refractivity contribution < 1.29 is 22.6 Å². The minimum absolute atomic E-state index is 0.00878. The fourth-order valence-corrected chi connectivity index (χ4v) is 4.72. The first-order chi connectivity index (χ1) is 14.7. The number of carbonyl (C=O) groups excluding carboxylic acids is 2. The Hall–Kier alpha value is -3.58. The standard InChI is InChI=1S/C24H20N2O4S/c1-15-8-10-18(11-9-15)31(29,30)25-21-22(26-13-16(2)12-17(3)14-26)24(28)20-7-5-4-6-19(20)23(21)27/h4-14H,1-3H3/p+1. The molecule has 2 aromatic carbocycles. The Balaban J connectivity index is 1.94. The van der Waals surface area contributed by atoms with Gasteiger partial charge in [-0.1, -0.05) is 42.0 Å². The van der Waals surface area contributed by atoms with E-state index in [1.165, 1.54) is 22.8 Å². The van der Waals surface area contributed by atoms with Gasteiger partial charge in [0, 0.05) is 22.3 Å². The first kappa shape index (κ1) is 20.7. The fourth-order valence-electron chi connectivity index (χ4n) is 3.65. The molecule has 0 fully saturated rings. The van der Waals surface area contributed by atoms with Crippen molar-refractivity contribution in [2.45, 2.75) is 25.7 Å². The number of sulfonamides is 1. The van der Waals surface area contributed by atoms with Crippen LogP contribution in [0.2, 0.25) is 0 Å². The lowest BCUT2D eigenvalue weighted by Crippen LogP contribution is -2.45. The molecule has 156 valence electrons. The second-order valence-corrected chi connectivity index (χ2v) is 9.33. The molecule has 1 heterocycles. The minimum atomic E-state index is -4.09. The highest BCUT2D eigenvalue weighted by Crippen LogP contribution is 2.26. The van der Waals surface area contributed by atoms with Crippen LogP contribution in [-0.4, -0.2) is 20.0 Å². The van der Waals surface area contributed by atoms with Crippen LogP contribution in [0.5, 0.6) is 0 Å². The number of rotatable bonds is 4. The Labute approximate surface area is 180 Å². The van der Waals surface area contributed by atoms with E-state index >= 15 is 0 Å². The Bertz CT molecular complexity index is 1350. The van der Waals surface area contributed by atoms with Crippen molar-refractivity contribution in [3.8, 4) is 0 Å². The van der Waals surface area contributed by atoms with E-state index in [1.54, 1.807) is 42.7 Å². The van der Waals surface area contributed by atoms with Gasteiger partial charge in [-0.3, -0.25) is 14.3 Å². The van der Waals surface area contributed by atoms with Crippen LogP contribution in [0.1, 0.15) is 37.4 Å². The van der Waals surface area contributed by atoms with Crippen LogP contribution in [-0.2, 0) is 10.0 Å². The van der Waals surface area contributed by atoms with Crippen molar-refractivity contribution in [2.24, 2.45) is 0 Å². The van der Waals surface area contributed by atoms with Gasteiger partial charge in [-0.15, -0.1) is 0 Å². The normalized spacial score (nSPS) is 13.9. The van der Waals surface area contributed by atoms with E-state index < -0.39 is 21.6 Å². The quantitative estimate of drug-likeness (QED) is 0.641. The molecule has 1 aliphatic carbocycles. The van der Waals surface area contributed by atoms with Gasteiger partial charge in [0.05, 0.1) is 4.90 Å². The summed E-state index contributed by atoms with van der Waals surface area (Å²) in [6.07, 6.45) is 3.39. The molecule has 0 saturated carbocycles. The first-order valence-corrected chi connectivity index (χ1v) is 11.2. The van der Waals surface area contributed by atoms with Crippen LogP contribution in [0.3, 0.4) is 0 Å². The molecule has 0 atom stereocenters. The lowest BCUT2D eigenvalue weighted by atomic mass is 9.90. The molecule has 7 heteroatoms. The topological polar surface area (TPSA) is 84.2 Å². The summed E-state index contributed by atoms with van der Waals surface area (Å²) in [6, 6.07) is 14.6. The van der Waals surface area contributed by atoms with Gasteiger partial charge < -0.3 is 0 Å². The van der Waals surface area contributed by atoms with Gasteiger partial charge in [0.25, 0.3) is 21.5 Å². The van der Waals surface area contributed by atoms with Crippen LogP contribution in [0.15, 0.2) is 77.6 Å². The number of allylic oxidation sites excluding steroid dienone is 2. The number of pyridine rings is 1. The molecule has 0 radical (unpaired) electrons. The number of carbonyl (C=O) groups is 2. The smallest absolute Gasteiger partial charge is 0.287 e. The fraction of sp³-hybridized carbons (Fsp3) is 0.125. The molecule has 0 amide bonds. The number of nitrogens with zero attached hydrogens (tertiary/aromatic N) is 1. The van der Waals surface area contributed by atoms with Crippen molar-refractivity contribution in [1.29, 1.82) is 0 Å². The number of hydrogen-bond donors (Lipinski definition) is 1. The summed E-state index contributed by atoms with van der Waals surface area (Å²) in [4.78, 5) is 26.7. The molecule has 0 spiro atoms. The van der Waals surface area contributed by atoms with Crippen LogP contribution < -0.4 is 9.29 Å². The number of Topliss-reactive ketones (excluding diaryl/α,β-unsaturated/α-hetero) is 2.